The second-order valence-corrected chi connectivity index (χ2v) is 4.94. The van der Waals surface area contributed by atoms with Gasteiger partial charge in [0.1, 0.15) is 11.6 Å². The first-order valence-corrected chi connectivity index (χ1v) is 6.69. The molecule has 106 valence electrons. The van der Waals surface area contributed by atoms with E-state index in [0.717, 1.165) is 29.2 Å². The van der Waals surface area contributed by atoms with Gasteiger partial charge in [0.2, 0.25) is 0 Å². The number of nitrogens with two attached hydrogens (primary N) is 1. The molecule has 1 heterocycles. The maximum atomic E-state index is 5.80. The summed E-state index contributed by atoms with van der Waals surface area (Å²) >= 11 is 0. The third-order valence-corrected chi connectivity index (χ3v) is 3.16. The number of benzene rings is 1. The summed E-state index contributed by atoms with van der Waals surface area (Å²) < 4.78 is 5.38. The highest BCUT2D eigenvalue weighted by atomic mass is 16.5. The number of methoxy groups -OCH3 is 1. The van der Waals surface area contributed by atoms with Crippen LogP contribution in [0.5, 0.6) is 5.75 Å². The van der Waals surface area contributed by atoms with E-state index in [2.05, 4.69) is 11.1 Å². The Morgan fingerprint density at radius 3 is 2.60 bits per heavy atom. The Morgan fingerprint density at radius 2 is 2.00 bits per heavy atom. The quantitative estimate of drug-likeness (QED) is 0.908. The SMILES string of the molecule is COc1ccccc1N(C)c1ccc(CC(C)N)cn1. The fraction of sp³-hybridized carbons (Fsp3) is 0.312. The summed E-state index contributed by atoms with van der Waals surface area (Å²) in [4.78, 5) is 6.51. The highest BCUT2D eigenvalue weighted by Crippen LogP contribution is 2.30. The second-order valence-electron chi connectivity index (χ2n) is 4.94. The molecule has 0 amide bonds. The lowest BCUT2D eigenvalue weighted by Gasteiger charge is -2.21. The molecular weight excluding hydrogens is 250 g/mol. The molecule has 4 heteroatoms. The molecule has 4 nitrogen and oxygen atoms in total. The van der Waals surface area contributed by atoms with E-state index in [1.807, 2.05) is 55.4 Å². The molecule has 0 aliphatic rings. The van der Waals surface area contributed by atoms with Crippen molar-refractivity contribution in [2.75, 3.05) is 19.1 Å². The van der Waals surface area contributed by atoms with Crippen molar-refractivity contribution in [1.29, 1.82) is 0 Å². The van der Waals surface area contributed by atoms with Crippen LogP contribution in [-0.2, 0) is 6.42 Å². The van der Waals surface area contributed by atoms with Gasteiger partial charge in [-0.05, 0) is 37.1 Å². The Morgan fingerprint density at radius 1 is 1.25 bits per heavy atom. The third-order valence-electron chi connectivity index (χ3n) is 3.16. The molecule has 0 saturated heterocycles. The van der Waals surface area contributed by atoms with Gasteiger partial charge in [-0.1, -0.05) is 18.2 Å². The van der Waals surface area contributed by atoms with Crippen molar-refractivity contribution >= 4 is 11.5 Å². The van der Waals surface area contributed by atoms with Crippen molar-refractivity contribution in [3.05, 3.63) is 48.2 Å². The van der Waals surface area contributed by atoms with Crippen molar-refractivity contribution in [3.8, 4) is 5.75 Å². The fourth-order valence-corrected chi connectivity index (χ4v) is 2.14. The normalized spacial score (nSPS) is 12.0. The highest BCUT2D eigenvalue weighted by molar-refractivity contribution is 5.66. The van der Waals surface area contributed by atoms with Crippen LogP contribution in [-0.4, -0.2) is 25.2 Å². The molecule has 1 atom stereocenters. The average Bonchev–Trinajstić information content (AvgIpc) is 2.46. The van der Waals surface area contributed by atoms with Crippen LogP contribution in [0.15, 0.2) is 42.6 Å². The molecule has 0 aliphatic carbocycles. The molecular formula is C16H21N3O. The van der Waals surface area contributed by atoms with Gasteiger partial charge in [0.25, 0.3) is 0 Å². The molecule has 1 aromatic carbocycles. The van der Waals surface area contributed by atoms with Crippen molar-refractivity contribution in [2.24, 2.45) is 5.73 Å². The van der Waals surface area contributed by atoms with Crippen LogP contribution >= 0.6 is 0 Å². The molecule has 2 rings (SSSR count). The number of pyridine rings is 1. The Labute approximate surface area is 120 Å². The molecule has 0 saturated carbocycles. The van der Waals surface area contributed by atoms with E-state index in [1.54, 1.807) is 7.11 Å². The second kappa shape index (κ2) is 6.39. The molecule has 0 bridgehead atoms. The lowest BCUT2D eigenvalue weighted by Crippen LogP contribution is -2.18. The Hall–Kier alpha value is -2.07. The summed E-state index contributed by atoms with van der Waals surface area (Å²) in [5.74, 6) is 1.71. The van der Waals surface area contributed by atoms with Gasteiger partial charge in [-0.25, -0.2) is 4.98 Å². The lowest BCUT2D eigenvalue weighted by molar-refractivity contribution is 0.415. The van der Waals surface area contributed by atoms with Crippen LogP contribution in [0.4, 0.5) is 11.5 Å². The minimum absolute atomic E-state index is 0.148. The van der Waals surface area contributed by atoms with Gasteiger partial charge in [-0.3, -0.25) is 0 Å². The number of hydrogen-bond donors (Lipinski definition) is 1. The summed E-state index contributed by atoms with van der Waals surface area (Å²) in [6, 6.07) is 12.1. The van der Waals surface area contributed by atoms with Crippen LogP contribution in [0, 0.1) is 0 Å². The van der Waals surface area contributed by atoms with E-state index < -0.39 is 0 Å². The zero-order valence-electron chi connectivity index (χ0n) is 12.2. The Kier molecular flexibility index (Phi) is 4.58. The van der Waals surface area contributed by atoms with Gasteiger partial charge < -0.3 is 15.4 Å². The first-order chi connectivity index (χ1) is 9.61. The minimum atomic E-state index is 0.148. The fourth-order valence-electron chi connectivity index (χ4n) is 2.14. The monoisotopic (exact) mass is 271 g/mol. The van der Waals surface area contributed by atoms with E-state index in [-0.39, 0.29) is 6.04 Å². The molecule has 2 N–H and O–H groups in total. The average molecular weight is 271 g/mol. The van der Waals surface area contributed by atoms with Crippen LogP contribution < -0.4 is 15.4 Å². The summed E-state index contributed by atoms with van der Waals surface area (Å²) in [5, 5.41) is 0. The van der Waals surface area contributed by atoms with Gasteiger partial charge in [0, 0.05) is 19.3 Å². The molecule has 0 fully saturated rings. The summed E-state index contributed by atoms with van der Waals surface area (Å²) in [6.45, 7) is 1.99. The van der Waals surface area contributed by atoms with Gasteiger partial charge >= 0.3 is 0 Å². The van der Waals surface area contributed by atoms with Crippen LogP contribution in [0.2, 0.25) is 0 Å². The zero-order valence-corrected chi connectivity index (χ0v) is 12.2. The largest absolute Gasteiger partial charge is 0.495 e. The summed E-state index contributed by atoms with van der Waals surface area (Å²) in [5.41, 5.74) is 7.94. The van der Waals surface area contributed by atoms with Crippen LogP contribution in [0.25, 0.3) is 0 Å². The van der Waals surface area contributed by atoms with E-state index in [1.165, 1.54) is 0 Å². The summed E-state index contributed by atoms with van der Waals surface area (Å²) in [6.07, 6.45) is 2.72. The predicted octanol–water partition coefficient (Wildman–Crippen LogP) is 2.75. The van der Waals surface area contributed by atoms with E-state index >= 15 is 0 Å². The molecule has 0 spiro atoms. The van der Waals surface area contributed by atoms with Crippen LogP contribution in [0.3, 0.4) is 0 Å². The third kappa shape index (κ3) is 3.27. The zero-order chi connectivity index (χ0) is 14.5. The standard InChI is InChI=1S/C16H21N3O/c1-12(17)10-13-8-9-16(18-11-13)19(2)14-6-4-5-7-15(14)20-3/h4-9,11-12H,10,17H2,1-3H3. The molecule has 1 aromatic heterocycles. The topological polar surface area (TPSA) is 51.4 Å². The molecule has 0 aliphatic heterocycles. The van der Waals surface area contributed by atoms with Gasteiger partial charge in [0.05, 0.1) is 12.8 Å². The van der Waals surface area contributed by atoms with E-state index in [0.29, 0.717) is 0 Å². The first kappa shape index (κ1) is 14.3. The number of hydrogen-bond acceptors (Lipinski definition) is 4. The van der Waals surface area contributed by atoms with Crippen molar-refractivity contribution in [1.82, 2.24) is 4.98 Å². The van der Waals surface area contributed by atoms with Gasteiger partial charge in [-0.2, -0.15) is 0 Å². The molecule has 0 radical (unpaired) electrons. The van der Waals surface area contributed by atoms with Crippen molar-refractivity contribution in [3.63, 3.8) is 0 Å². The summed E-state index contributed by atoms with van der Waals surface area (Å²) in [7, 11) is 3.65. The number of para-hydroxylation sites is 2. The molecule has 2 aromatic rings. The smallest absolute Gasteiger partial charge is 0.142 e. The van der Waals surface area contributed by atoms with Crippen molar-refractivity contribution < 1.29 is 4.74 Å². The number of anilines is 2. The number of aromatic nitrogens is 1. The highest BCUT2D eigenvalue weighted by Gasteiger charge is 2.10. The van der Waals surface area contributed by atoms with E-state index in [9.17, 15) is 0 Å². The van der Waals surface area contributed by atoms with Crippen molar-refractivity contribution in [2.45, 2.75) is 19.4 Å². The van der Waals surface area contributed by atoms with Gasteiger partial charge in [0.15, 0.2) is 0 Å². The van der Waals surface area contributed by atoms with Gasteiger partial charge in [-0.15, -0.1) is 0 Å². The lowest BCUT2D eigenvalue weighted by atomic mass is 10.1. The Bertz CT molecular complexity index is 552. The maximum Gasteiger partial charge on any atom is 0.142 e. The first-order valence-electron chi connectivity index (χ1n) is 6.69. The number of rotatable bonds is 5. The molecule has 1 unspecified atom stereocenters. The number of ether oxygens (including phenoxy) is 1. The molecule has 20 heavy (non-hydrogen) atoms. The van der Waals surface area contributed by atoms with Crippen LogP contribution in [0.1, 0.15) is 12.5 Å². The maximum absolute atomic E-state index is 5.80. The minimum Gasteiger partial charge on any atom is -0.495 e. The predicted molar refractivity (Wildman–Crippen MR) is 82.6 cm³/mol. The number of nitrogens with zero attached hydrogens (tertiary/aromatic N) is 2. The van der Waals surface area contributed by atoms with E-state index in [4.69, 9.17) is 10.5 Å². The Balaban J connectivity index is 2.22.